The molecule has 1 N–H and O–H groups in total. The average molecular weight is 340 g/mol. The summed E-state index contributed by atoms with van der Waals surface area (Å²) in [6.45, 7) is 0.209. The molecule has 0 saturated heterocycles. The first-order valence-corrected chi connectivity index (χ1v) is 7.53. The van der Waals surface area contributed by atoms with Crippen LogP contribution in [0.3, 0.4) is 0 Å². The Bertz CT molecular complexity index is 966. The van der Waals surface area contributed by atoms with Crippen LogP contribution in [0.4, 0.5) is 14.5 Å². The van der Waals surface area contributed by atoms with Gasteiger partial charge < -0.3 is 9.88 Å². The van der Waals surface area contributed by atoms with E-state index >= 15 is 0 Å². The quantitative estimate of drug-likeness (QED) is 0.791. The van der Waals surface area contributed by atoms with E-state index in [4.69, 9.17) is 0 Å². The van der Waals surface area contributed by atoms with Crippen molar-refractivity contribution in [2.24, 2.45) is 0 Å². The molecule has 0 atom stereocenters. The maximum Gasteiger partial charge on any atom is 0.257 e. The van der Waals surface area contributed by atoms with Crippen LogP contribution in [0.15, 0.2) is 71.7 Å². The van der Waals surface area contributed by atoms with Gasteiger partial charge in [-0.2, -0.15) is 0 Å². The van der Waals surface area contributed by atoms with Crippen molar-refractivity contribution in [3.05, 3.63) is 100.0 Å². The molecule has 0 aliphatic heterocycles. The molecule has 1 amide bonds. The van der Waals surface area contributed by atoms with E-state index in [9.17, 15) is 18.4 Å². The standard InChI is InChI=1S/C19H14F2N2O2/c20-15-7-4-13(5-8-15)11-23-12-14(6-9-18(23)24)19(25)22-17-3-1-2-16(21)10-17/h1-10,12H,11H2,(H,22,25). The van der Waals surface area contributed by atoms with Crippen LogP contribution in [-0.4, -0.2) is 10.5 Å². The van der Waals surface area contributed by atoms with Gasteiger partial charge in [0.15, 0.2) is 0 Å². The fraction of sp³-hybridized carbons (Fsp3) is 0.0526. The first kappa shape index (κ1) is 16.6. The van der Waals surface area contributed by atoms with Crippen LogP contribution in [-0.2, 0) is 6.54 Å². The van der Waals surface area contributed by atoms with Gasteiger partial charge in [0, 0.05) is 18.0 Å². The van der Waals surface area contributed by atoms with Gasteiger partial charge in [0.05, 0.1) is 12.1 Å². The maximum atomic E-state index is 13.2. The first-order chi connectivity index (χ1) is 12.0. The highest BCUT2D eigenvalue weighted by molar-refractivity contribution is 6.04. The van der Waals surface area contributed by atoms with E-state index in [1.165, 1.54) is 53.2 Å². The number of carbonyl (C=O) groups is 1. The molecule has 1 aromatic heterocycles. The summed E-state index contributed by atoms with van der Waals surface area (Å²) in [6.07, 6.45) is 1.42. The number of hydrogen-bond acceptors (Lipinski definition) is 2. The number of pyridine rings is 1. The van der Waals surface area contributed by atoms with Crippen LogP contribution < -0.4 is 10.9 Å². The summed E-state index contributed by atoms with van der Waals surface area (Å²) in [4.78, 5) is 24.3. The molecule has 126 valence electrons. The molecule has 0 fully saturated rings. The Labute approximate surface area is 142 Å². The molecule has 0 aliphatic rings. The van der Waals surface area contributed by atoms with Crippen molar-refractivity contribution in [3.8, 4) is 0 Å². The minimum atomic E-state index is -0.460. The highest BCUT2D eigenvalue weighted by Crippen LogP contribution is 2.11. The van der Waals surface area contributed by atoms with E-state index in [-0.39, 0.29) is 23.5 Å². The molecule has 0 aliphatic carbocycles. The van der Waals surface area contributed by atoms with E-state index in [0.717, 1.165) is 5.56 Å². The zero-order valence-corrected chi connectivity index (χ0v) is 13.1. The molecule has 2 aromatic carbocycles. The number of carbonyl (C=O) groups excluding carboxylic acids is 1. The van der Waals surface area contributed by atoms with Crippen LogP contribution in [0.2, 0.25) is 0 Å². The highest BCUT2D eigenvalue weighted by Gasteiger charge is 2.09. The largest absolute Gasteiger partial charge is 0.322 e. The van der Waals surface area contributed by atoms with Crippen molar-refractivity contribution >= 4 is 11.6 Å². The Balaban J connectivity index is 1.82. The summed E-state index contributed by atoms with van der Waals surface area (Å²) >= 11 is 0. The van der Waals surface area contributed by atoms with Crippen LogP contribution in [0.1, 0.15) is 15.9 Å². The van der Waals surface area contributed by atoms with Gasteiger partial charge in [-0.25, -0.2) is 8.78 Å². The van der Waals surface area contributed by atoms with Gasteiger partial charge in [-0.15, -0.1) is 0 Å². The predicted octanol–water partition coefficient (Wildman–Crippen LogP) is 3.43. The summed E-state index contributed by atoms with van der Waals surface area (Å²) in [5.41, 5.74) is 1.02. The molecule has 6 heteroatoms. The Morgan fingerprint density at radius 1 is 0.960 bits per heavy atom. The van der Waals surface area contributed by atoms with E-state index < -0.39 is 11.7 Å². The lowest BCUT2D eigenvalue weighted by Gasteiger charge is -2.09. The third-order valence-electron chi connectivity index (χ3n) is 3.59. The zero-order chi connectivity index (χ0) is 17.8. The van der Waals surface area contributed by atoms with Gasteiger partial charge >= 0.3 is 0 Å². The van der Waals surface area contributed by atoms with E-state index in [1.54, 1.807) is 18.2 Å². The maximum absolute atomic E-state index is 13.2. The average Bonchev–Trinajstić information content (AvgIpc) is 2.59. The molecule has 0 radical (unpaired) electrons. The minimum absolute atomic E-state index is 0.209. The van der Waals surface area contributed by atoms with Gasteiger partial charge in [-0.1, -0.05) is 18.2 Å². The summed E-state index contributed by atoms with van der Waals surface area (Å²) in [7, 11) is 0. The smallest absolute Gasteiger partial charge is 0.257 e. The van der Waals surface area contributed by atoms with Gasteiger partial charge in [-0.3, -0.25) is 9.59 Å². The molecule has 0 bridgehead atoms. The summed E-state index contributed by atoms with van der Waals surface area (Å²) in [5.74, 6) is -1.28. The molecular formula is C19H14F2N2O2. The normalized spacial score (nSPS) is 10.5. The van der Waals surface area contributed by atoms with Gasteiger partial charge in [0.25, 0.3) is 11.5 Å². The second-order valence-corrected chi connectivity index (χ2v) is 5.47. The molecule has 1 heterocycles. The lowest BCUT2D eigenvalue weighted by molar-refractivity contribution is 0.102. The van der Waals surface area contributed by atoms with Crippen LogP contribution in [0.25, 0.3) is 0 Å². The molecule has 0 spiro atoms. The topological polar surface area (TPSA) is 51.1 Å². The Kier molecular flexibility index (Phi) is 4.70. The highest BCUT2D eigenvalue weighted by atomic mass is 19.1. The fourth-order valence-electron chi connectivity index (χ4n) is 2.35. The summed E-state index contributed by atoms with van der Waals surface area (Å²) in [6, 6.07) is 14.0. The molecule has 3 aromatic rings. The second kappa shape index (κ2) is 7.09. The van der Waals surface area contributed by atoms with Gasteiger partial charge in [0.1, 0.15) is 11.6 Å². The molecule has 3 rings (SSSR count). The molecular weight excluding hydrogens is 326 g/mol. The van der Waals surface area contributed by atoms with Gasteiger partial charge in [0.2, 0.25) is 0 Å². The number of amides is 1. The molecule has 25 heavy (non-hydrogen) atoms. The van der Waals surface area contributed by atoms with Gasteiger partial charge in [-0.05, 0) is 42.0 Å². The Morgan fingerprint density at radius 3 is 2.44 bits per heavy atom. The first-order valence-electron chi connectivity index (χ1n) is 7.53. The number of halogens is 2. The van der Waals surface area contributed by atoms with Crippen molar-refractivity contribution in [2.45, 2.75) is 6.54 Å². The van der Waals surface area contributed by atoms with Crippen molar-refractivity contribution < 1.29 is 13.6 Å². The number of aromatic nitrogens is 1. The Morgan fingerprint density at radius 2 is 1.72 bits per heavy atom. The van der Waals surface area contributed by atoms with E-state index in [2.05, 4.69) is 5.32 Å². The SMILES string of the molecule is O=C(Nc1cccc(F)c1)c1ccc(=O)n(Cc2ccc(F)cc2)c1. The van der Waals surface area contributed by atoms with Crippen molar-refractivity contribution in [1.82, 2.24) is 4.57 Å². The zero-order valence-electron chi connectivity index (χ0n) is 13.1. The fourth-order valence-corrected chi connectivity index (χ4v) is 2.35. The van der Waals surface area contributed by atoms with Crippen LogP contribution in [0.5, 0.6) is 0 Å². The molecule has 0 saturated carbocycles. The lowest BCUT2D eigenvalue weighted by atomic mass is 10.2. The minimum Gasteiger partial charge on any atom is -0.322 e. The van der Waals surface area contributed by atoms with E-state index in [0.29, 0.717) is 5.69 Å². The van der Waals surface area contributed by atoms with Crippen molar-refractivity contribution in [3.63, 3.8) is 0 Å². The third-order valence-corrected chi connectivity index (χ3v) is 3.59. The number of nitrogens with one attached hydrogen (secondary N) is 1. The van der Waals surface area contributed by atoms with Crippen molar-refractivity contribution in [2.75, 3.05) is 5.32 Å². The van der Waals surface area contributed by atoms with Crippen LogP contribution in [0, 0.1) is 11.6 Å². The van der Waals surface area contributed by atoms with Crippen LogP contribution >= 0.6 is 0 Å². The second-order valence-electron chi connectivity index (χ2n) is 5.47. The number of nitrogens with zero attached hydrogens (tertiary/aromatic N) is 1. The molecule has 4 nitrogen and oxygen atoms in total. The summed E-state index contributed by atoms with van der Waals surface area (Å²) in [5, 5.41) is 2.57. The number of anilines is 1. The summed E-state index contributed by atoms with van der Waals surface area (Å²) < 4.78 is 27.5. The van der Waals surface area contributed by atoms with Crippen molar-refractivity contribution in [1.29, 1.82) is 0 Å². The Hall–Kier alpha value is -3.28. The number of hydrogen-bond donors (Lipinski definition) is 1. The third kappa shape index (κ3) is 4.17. The van der Waals surface area contributed by atoms with E-state index in [1.807, 2.05) is 0 Å². The molecule has 0 unspecified atom stereocenters. The number of rotatable bonds is 4. The number of benzene rings is 2. The predicted molar refractivity (Wildman–Crippen MR) is 90.6 cm³/mol. The lowest BCUT2D eigenvalue weighted by Crippen LogP contribution is -2.22. The monoisotopic (exact) mass is 340 g/mol.